The van der Waals surface area contributed by atoms with Gasteiger partial charge in [-0.2, -0.15) is 0 Å². The van der Waals surface area contributed by atoms with Crippen LogP contribution in [-0.2, 0) is 11.3 Å². The van der Waals surface area contributed by atoms with Crippen LogP contribution in [0.3, 0.4) is 0 Å². The summed E-state index contributed by atoms with van der Waals surface area (Å²) in [7, 11) is 3.43. The fraction of sp³-hybridized carbons (Fsp3) is 0.500. The molecule has 1 aliphatic heterocycles. The molecular weight excluding hydrogens is 266 g/mol. The van der Waals surface area contributed by atoms with Crippen molar-refractivity contribution in [2.75, 3.05) is 19.4 Å². The van der Waals surface area contributed by atoms with Gasteiger partial charge in [0.15, 0.2) is 0 Å². The van der Waals surface area contributed by atoms with E-state index in [1.165, 1.54) is 4.90 Å². The number of fused-ring (bicyclic) bond motifs is 1. The maximum absolute atomic E-state index is 12.6. The topological polar surface area (TPSA) is 52.7 Å². The summed E-state index contributed by atoms with van der Waals surface area (Å²) in [5.74, 6) is -0.00675. The second-order valence-corrected chi connectivity index (χ2v) is 5.78. The third-order valence-corrected chi connectivity index (χ3v) is 4.03. The van der Waals surface area contributed by atoms with E-state index < -0.39 is 6.04 Å². The highest BCUT2D eigenvalue weighted by Crippen LogP contribution is 2.27. The van der Waals surface area contributed by atoms with Gasteiger partial charge in [-0.3, -0.25) is 4.79 Å². The summed E-state index contributed by atoms with van der Waals surface area (Å²) < 4.78 is 0. The number of rotatable bonds is 2. The van der Waals surface area contributed by atoms with Gasteiger partial charge >= 0.3 is 6.03 Å². The van der Waals surface area contributed by atoms with Crippen LogP contribution in [0.15, 0.2) is 24.3 Å². The molecule has 5 heteroatoms. The van der Waals surface area contributed by atoms with E-state index in [1.807, 2.05) is 38.1 Å². The van der Waals surface area contributed by atoms with Crippen LogP contribution in [0.5, 0.6) is 0 Å². The molecule has 1 heterocycles. The highest BCUT2D eigenvalue weighted by atomic mass is 16.2. The smallest absolute Gasteiger partial charge is 0.320 e. The molecule has 3 amide bonds. The summed E-state index contributed by atoms with van der Waals surface area (Å²) in [5, 5.41) is 2.96. The predicted molar refractivity (Wildman–Crippen MR) is 82.9 cm³/mol. The maximum atomic E-state index is 12.6. The zero-order valence-electron chi connectivity index (χ0n) is 13.1. The monoisotopic (exact) mass is 289 g/mol. The highest BCUT2D eigenvalue weighted by Gasteiger charge is 2.37. The van der Waals surface area contributed by atoms with Crippen LogP contribution in [0.2, 0.25) is 0 Å². The van der Waals surface area contributed by atoms with Crippen molar-refractivity contribution < 1.29 is 9.59 Å². The van der Waals surface area contributed by atoms with E-state index in [9.17, 15) is 9.59 Å². The number of nitrogens with one attached hydrogen (secondary N) is 1. The predicted octanol–water partition coefficient (Wildman–Crippen LogP) is 2.54. The zero-order valence-corrected chi connectivity index (χ0v) is 13.1. The molecule has 0 spiro atoms. The van der Waals surface area contributed by atoms with Crippen LogP contribution in [0.1, 0.15) is 25.8 Å². The minimum Gasteiger partial charge on any atom is -0.331 e. The second-order valence-electron chi connectivity index (χ2n) is 5.78. The fourth-order valence-electron chi connectivity index (χ4n) is 2.64. The molecule has 1 aliphatic rings. The molecule has 0 aliphatic carbocycles. The maximum Gasteiger partial charge on any atom is 0.320 e. The lowest BCUT2D eigenvalue weighted by atomic mass is 9.97. The van der Waals surface area contributed by atoms with Crippen molar-refractivity contribution in [2.45, 2.75) is 32.9 Å². The molecule has 0 bridgehead atoms. The Labute approximate surface area is 125 Å². The number of para-hydroxylation sites is 1. The van der Waals surface area contributed by atoms with Gasteiger partial charge in [-0.05, 0) is 17.5 Å². The van der Waals surface area contributed by atoms with Crippen LogP contribution in [-0.4, -0.2) is 41.9 Å². The Morgan fingerprint density at radius 1 is 1.43 bits per heavy atom. The third kappa shape index (κ3) is 3.01. The van der Waals surface area contributed by atoms with E-state index in [0.717, 1.165) is 17.7 Å². The molecule has 0 fully saturated rings. The summed E-state index contributed by atoms with van der Waals surface area (Å²) in [6, 6.07) is 7.06. The van der Waals surface area contributed by atoms with Crippen LogP contribution >= 0.6 is 0 Å². The molecular formula is C16H23N3O2. The first kappa shape index (κ1) is 15.4. The lowest BCUT2D eigenvalue weighted by Crippen LogP contribution is -2.51. The van der Waals surface area contributed by atoms with E-state index in [1.54, 1.807) is 19.0 Å². The van der Waals surface area contributed by atoms with E-state index in [-0.39, 0.29) is 17.9 Å². The molecule has 0 aromatic heterocycles. The number of carbonyl (C=O) groups excluding carboxylic acids is 2. The summed E-state index contributed by atoms with van der Waals surface area (Å²) in [6.45, 7) is 4.49. The summed E-state index contributed by atoms with van der Waals surface area (Å²) in [5.41, 5.74) is 1.76. The Morgan fingerprint density at radius 2 is 2.10 bits per heavy atom. The molecule has 114 valence electrons. The number of amides is 3. The van der Waals surface area contributed by atoms with Crippen molar-refractivity contribution in [3.05, 3.63) is 29.8 Å². The van der Waals surface area contributed by atoms with Gasteiger partial charge in [0.25, 0.3) is 0 Å². The quantitative estimate of drug-likeness (QED) is 0.909. The van der Waals surface area contributed by atoms with Gasteiger partial charge in [0.05, 0.1) is 6.54 Å². The van der Waals surface area contributed by atoms with Crippen LogP contribution in [0.25, 0.3) is 0 Å². The zero-order chi connectivity index (χ0) is 15.6. The van der Waals surface area contributed by atoms with Crippen LogP contribution in [0, 0.1) is 5.92 Å². The van der Waals surface area contributed by atoms with Crippen molar-refractivity contribution in [3.63, 3.8) is 0 Å². The molecule has 21 heavy (non-hydrogen) atoms. The van der Waals surface area contributed by atoms with Crippen LogP contribution < -0.4 is 5.32 Å². The molecule has 0 saturated heterocycles. The molecule has 1 aromatic carbocycles. The number of nitrogens with zero attached hydrogens (tertiary/aromatic N) is 2. The Hall–Kier alpha value is -2.04. The lowest BCUT2D eigenvalue weighted by Gasteiger charge is -2.34. The first-order valence-corrected chi connectivity index (χ1v) is 7.32. The van der Waals surface area contributed by atoms with E-state index in [2.05, 4.69) is 5.32 Å². The van der Waals surface area contributed by atoms with Gasteiger partial charge in [-0.25, -0.2) is 4.79 Å². The Bertz CT molecular complexity index is 542. The van der Waals surface area contributed by atoms with Gasteiger partial charge in [-0.15, -0.1) is 0 Å². The van der Waals surface area contributed by atoms with Crippen molar-refractivity contribution in [1.82, 2.24) is 9.80 Å². The van der Waals surface area contributed by atoms with E-state index in [4.69, 9.17) is 0 Å². The molecule has 1 aromatic rings. The molecule has 0 unspecified atom stereocenters. The number of benzene rings is 1. The molecule has 2 atom stereocenters. The Morgan fingerprint density at radius 3 is 2.71 bits per heavy atom. The van der Waals surface area contributed by atoms with Gasteiger partial charge in [0.2, 0.25) is 5.91 Å². The fourth-order valence-corrected chi connectivity index (χ4v) is 2.64. The summed E-state index contributed by atoms with van der Waals surface area (Å²) in [6.07, 6.45) is 0.839. The Kier molecular flexibility index (Phi) is 4.50. The lowest BCUT2D eigenvalue weighted by molar-refractivity contribution is -0.122. The first-order valence-electron chi connectivity index (χ1n) is 7.32. The molecule has 2 rings (SSSR count). The van der Waals surface area contributed by atoms with Gasteiger partial charge in [0, 0.05) is 19.8 Å². The molecule has 0 saturated carbocycles. The minimum atomic E-state index is -0.447. The standard InChI is InChI=1S/C16H23N3O2/c1-5-11(2)14-15(20)17-13-9-7-6-8-12(13)10-19(14)16(21)18(3)4/h6-9,11,14H,5,10H2,1-4H3,(H,17,20)/t11-,14-/m0/s1. The van der Waals surface area contributed by atoms with E-state index in [0.29, 0.717) is 6.54 Å². The van der Waals surface area contributed by atoms with Crippen molar-refractivity contribution in [1.29, 1.82) is 0 Å². The average molecular weight is 289 g/mol. The van der Waals surface area contributed by atoms with Crippen molar-refractivity contribution in [2.24, 2.45) is 5.92 Å². The average Bonchev–Trinajstić information content (AvgIpc) is 2.61. The number of anilines is 1. The van der Waals surface area contributed by atoms with Gasteiger partial charge in [0.1, 0.15) is 6.04 Å². The first-order chi connectivity index (χ1) is 9.95. The number of hydrogen-bond acceptors (Lipinski definition) is 2. The third-order valence-electron chi connectivity index (χ3n) is 4.03. The summed E-state index contributed by atoms with van der Waals surface area (Å²) >= 11 is 0. The summed E-state index contributed by atoms with van der Waals surface area (Å²) in [4.78, 5) is 28.3. The SMILES string of the molecule is CC[C@H](C)[C@H]1C(=O)Nc2ccccc2CN1C(=O)N(C)C. The molecule has 5 nitrogen and oxygen atoms in total. The van der Waals surface area contributed by atoms with E-state index >= 15 is 0 Å². The number of carbonyl (C=O) groups is 2. The Balaban J connectivity index is 2.44. The van der Waals surface area contributed by atoms with Crippen LogP contribution in [0.4, 0.5) is 10.5 Å². The molecule has 0 radical (unpaired) electrons. The number of hydrogen-bond donors (Lipinski definition) is 1. The second kappa shape index (κ2) is 6.16. The van der Waals surface area contributed by atoms with Crippen molar-refractivity contribution in [3.8, 4) is 0 Å². The minimum absolute atomic E-state index is 0.100. The van der Waals surface area contributed by atoms with Gasteiger partial charge < -0.3 is 15.1 Å². The highest BCUT2D eigenvalue weighted by molar-refractivity contribution is 5.98. The largest absolute Gasteiger partial charge is 0.331 e. The van der Waals surface area contributed by atoms with Gasteiger partial charge in [-0.1, -0.05) is 38.5 Å². The normalized spacial score (nSPS) is 19.3. The van der Waals surface area contributed by atoms with Crippen molar-refractivity contribution >= 4 is 17.6 Å². The number of urea groups is 1. The molecule has 1 N–H and O–H groups in total.